The second-order valence-electron chi connectivity index (χ2n) is 6.10. The van der Waals surface area contributed by atoms with Crippen molar-refractivity contribution in [3.05, 3.63) is 59.7 Å². The van der Waals surface area contributed by atoms with E-state index in [2.05, 4.69) is 11.4 Å². The summed E-state index contributed by atoms with van der Waals surface area (Å²) < 4.78 is 32.1. The van der Waals surface area contributed by atoms with Gasteiger partial charge in [0, 0.05) is 17.3 Å². The summed E-state index contributed by atoms with van der Waals surface area (Å²) in [6, 6.07) is 10.4. The number of halogens is 2. The van der Waals surface area contributed by atoms with Crippen LogP contribution in [0.3, 0.4) is 0 Å². The topological polar surface area (TPSA) is 107 Å². The molecule has 1 atom stereocenters. The van der Waals surface area contributed by atoms with Crippen molar-refractivity contribution in [2.24, 2.45) is 5.73 Å². The first kappa shape index (κ1) is 21.1. The Morgan fingerprint density at radius 2 is 2.04 bits per heavy atom. The lowest BCUT2D eigenvalue weighted by atomic mass is 10.0. The molecule has 1 amide bonds. The van der Waals surface area contributed by atoms with Crippen LogP contribution in [0, 0.1) is 23.8 Å². The van der Waals surface area contributed by atoms with E-state index in [4.69, 9.17) is 16.2 Å². The third-order valence-electron chi connectivity index (χ3n) is 3.95. The molecule has 0 saturated carbocycles. The number of Topliss-reactive ketones (excluding diaryl/α,β-unsaturated/α-hetero) is 1. The number of ether oxygens (including phenoxy) is 1. The van der Waals surface area contributed by atoms with Crippen molar-refractivity contribution in [1.82, 2.24) is 5.32 Å². The zero-order valence-electron chi connectivity index (χ0n) is 15.1. The Bertz CT molecular complexity index is 810. The number of nitrogens with one attached hydrogen (secondary N) is 1. The summed E-state index contributed by atoms with van der Waals surface area (Å²) in [5, 5.41) is 2.62. The predicted octanol–water partition coefficient (Wildman–Crippen LogP) is 2.02. The van der Waals surface area contributed by atoms with Crippen molar-refractivity contribution in [2.45, 2.75) is 25.3 Å². The average molecular weight is 389 g/mol. The molecule has 0 saturated heterocycles. The van der Waals surface area contributed by atoms with E-state index in [0.717, 1.165) is 6.07 Å². The number of carbonyl (C=O) groups excluding carboxylic acids is 2. The summed E-state index contributed by atoms with van der Waals surface area (Å²) in [5.41, 5.74) is 11.8. The van der Waals surface area contributed by atoms with Gasteiger partial charge in [-0.25, -0.2) is 4.39 Å². The van der Waals surface area contributed by atoms with E-state index in [1.165, 1.54) is 6.07 Å². The molecule has 0 radical (unpaired) electrons. The molecule has 0 spiro atoms. The Morgan fingerprint density at radius 1 is 1.25 bits per heavy atom. The molecule has 0 aliphatic heterocycles. The maximum atomic E-state index is 13.6. The molecule has 0 aliphatic carbocycles. The van der Waals surface area contributed by atoms with Crippen LogP contribution >= 0.6 is 0 Å². The van der Waals surface area contributed by atoms with E-state index in [-0.39, 0.29) is 0 Å². The van der Waals surface area contributed by atoms with Crippen molar-refractivity contribution in [1.29, 1.82) is 0 Å². The molecule has 6 nitrogen and oxygen atoms in total. The minimum Gasteiger partial charge on any atom is -0.479 e. The van der Waals surface area contributed by atoms with Crippen molar-refractivity contribution in [2.75, 3.05) is 18.9 Å². The second kappa shape index (κ2) is 10.2. The van der Waals surface area contributed by atoms with Gasteiger partial charge in [0.15, 0.2) is 11.6 Å². The molecule has 2 aromatic rings. The highest BCUT2D eigenvalue weighted by atomic mass is 19.1. The van der Waals surface area contributed by atoms with Crippen LogP contribution in [-0.2, 0) is 4.79 Å². The number of nitrogen functional groups attached to an aromatic ring is 1. The summed E-state index contributed by atoms with van der Waals surface area (Å²) in [6.07, 6.45) is 1.56. The van der Waals surface area contributed by atoms with Gasteiger partial charge in [-0.1, -0.05) is 12.1 Å². The molecule has 28 heavy (non-hydrogen) atoms. The Kier molecular flexibility index (Phi) is 7.72. The summed E-state index contributed by atoms with van der Waals surface area (Å²) in [5.74, 6) is -3.81. The number of unbranched alkanes of at least 4 members (excludes halogenated alkanes) is 1. The van der Waals surface area contributed by atoms with Gasteiger partial charge in [-0.15, -0.1) is 0 Å². The fraction of sp³-hybridized carbons (Fsp3) is 0.300. The molecular weight excluding hydrogens is 368 g/mol. The molecule has 1 unspecified atom stereocenters. The van der Waals surface area contributed by atoms with Crippen LogP contribution < -0.4 is 21.5 Å². The molecule has 0 fully saturated rings. The first-order chi connectivity index (χ1) is 13.4. The molecule has 5 N–H and O–H groups in total. The van der Waals surface area contributed by atoms with E-state index in [1.807, 2.05) is 6.07 Å². The summed E-state index contributed by atoms with van der Waals surface area (Å²) >= 11 is 0. The number of hydrogen-bond donors (Lipinski definition) is 3. The quantitative estimate of drug-likeness (QED) is 0.426. The number of nitrogens with two attached hydrogens (primary N) is 2. The van der Waals surface area contributed by atoms with Gasteiger partial charge in [0.1, 0.15) is 6.61 Å². The van der Waals surface area contributed by atoms with E-state index in [9.17, 15) is 18.4 Å². The number of hydrogen-bond acceptors (Lipinski definition) is 5. The van der Waals surface area contributed by atoms with Crippen LogP contribution in [0.1, 0.15) is 29.6 Å². The van der Waals surface area contributed by atoms with E-state index < -0.39 is 41.7 Å². The Hall–Kier alpha value is -3.18. The molecular formula is C20H21F2N3O3. The highest BCUT2D eigenvalue weighted by molar-refractivity contribution is 5.98. The lowest BCUT2D eigenvalue weighted by Gasteiger charge is -2.18. The Balaban J connectivity index is 2.06. The van der Waals surface area contributed by atoms with Gasteiger partial charge in [-0.05, 0) is 50.1 Å². The van der Waals surface area contributed by atoms with Crippen LogP contribution in [0.2, 0.25) is 0 Å². The number of anilines is 1. The third-order valence-corrected chi connectivity index (χ3v) is 3.95. The number of rotatable bonds is 10. The zero-order valence-corrected chi connectivity index (χ0v) is 15.1. The maximum absolute atomic E-state index is 13.6. The molecule has 0 aromatic heterocycles. The highest BCUT2D eigenvalue weighted by Crippen LogP contribution is 2.19. The molecule has 2 rings (SSSR count). The molecule has 2 aromatic carbocycles. The van der Waals surface area contributed by atoms with Gasteiger partial charge in [0.2, 0.25) is 11.6 Å². The number of ketones is 1. The van der Waals surface area contributed by atoms with Gasteiger partial charge in [0.25, 0.3) is 5.91 Å². The standard InChI is InChI=1S/C20H21F2N3O3/c21-15-7-4-8-16(22)19(15)28-12-18(26)17(9-1-2-10-23)25-20(27)13-5-3-6-14(24)11-13/h3,5-7,11,17H,1-2,9-10,12,23-24H2,(H,25,27). The third kappa shape index (κ3) is 5.93. The van der Waals surface area contributed by atoms with E-state index >= 15 is 0 Å². The number of carbonyl (C=O) groups is 2. The lowest BCUT2D eigenvalue weighted by Crippen LogP contribution is -2.43. The summed E-state index contributed by atoms with van der Waals surface area (Å²) in [4.78, 5) is 24.9. The number of amides is 1. The zero-order chi connectivity index (χ0) is 20.5. The molecule has 0 aliphatic rings. The van der Waals surface area contributed by atoms with Crippen molar-refractivity contribution >= 4 is 17.4 Å². The monoisotopic (exact) mass is 389 g/mol. The molecule has 148 valence electrons. The van der Waals surface area contributed by atoms with E-state index in [1.54, 1.807) is 18.2 Å². The normalized spacial score (nSPS) is 11.4. The van der Waals surface area contributed by atoms with Crippen molar-refractivity contribution in [3.8, 4) is 5.75 Å². The SMILES string of the molecule is NCCCCC(NC(=O)c1cccc(N)c1)C(=O)COc1c(F)c#ccc1F. The minimum absolute atomic E-state index is 0.294. The van der Waals surface area contributed by atoms with E-state index in [0.29, 0.717) is 37.1 Å². The smallest absolute Gasteiger partial charge is 0.251 e. The minimum atomic E-state index is -1.09. The van der Waals surface area contributed by atoms with Gasteiger partial charge < -0.3 is 21.5 Å². The van der Waals surface area contributed by atoms with Crippen molar-refractivity contribution in [3.63, 3.8) is 0 Å². The summed E-state index contributed by atoms with van der Waals surface area (Å²) in [6.45, 7) is -0.177. The predicted molar refractivity (Wildman–Crippen MR) is 99.5 cm³/mol. The maximum Gasteiger partial charge on any atom is 0.251 e. The van der Waals surface area contributed by atoms with Gasteiger partial charge in [0.05, 0.1) is 6.04 Å². The highest BCUT2D eigenvalue weighted by Gasteiger charge is 2.23. The summed E-state index contributed by atoms with van der Waals surface area (Å²) in [7, 11) is 0. The number of benzene rings is 1. The average Bonchev–Trinajstić information content (AvgIpc) is 2.66. The van der Waals surface area contributed by atoms with Crippen LogP contribution in [-0.4, -0.2) is 30.9 Å². The van der Waals surface area contributed by atoms with Crippen LogP contribution in [0.15, 0.2) is 30.3 Å². The molecule has 0 heterocycles. The fourth-order valence-corrected chi connectivity index (χ4v) is 2.49. The fourth-order valence-electron chi connectivity index (χ4n) is 2.49. The van der Waals surface area contributed by atoms with Crippen LogP contribution in [0.5, 0.6) is 5.75 Å². The van der Waals surface area contributed by atoms with Crippen LogP contribution in [0.25, 0.3) is 0 Å². The Morgan fingerprint density at radius 3 is 2.71 bits per heavy atom. The largest absolute Gasteiger partial charge is 0.479 e. The first-order valence-corrected chi connectivity index (χ1v) is 8.71. The van der Waals surface area contributed by atoms with Crippen molar-refractivity contribution < 1.29 is 23.1 Å². The van der Waals surface area contributed by atoms with Gasteiger partial charge >= 0.3 is 0 Å². The van der Waals surface area contributed by atoms with Gasteiger partial charge in [-0.2, -0.15) is 4.39 Å². The second-order valence-corrected chi connectivity index (χ2v) is 6.10. The van der Waals surface area contributed by atoms with Crippen LogP contribution in [0.4, 0.5) is 14.5 Å². The van der Waals surface area contributed by atoms with Gasteiger partial charge in [-0.3, -0.25) is 9.59 Å². The first-order valence-electron chi connectivity index (χ1n) is 8.71. The Labute approximate surface area is 161 Å². The molecule has 8 heteroatoms. The molecule has 0 bridgehead atoms. The lowest BCUT2D eigenvalue weighted by molar-refractivity contribution is -0.123.